The largest absolute Gasteiger partial charge is 0.484 e. The van der Waals surface area contributed by atoms with Gasteiger partial charge in [0.2, 0.25) is 5.91 Å². The van der Waals surface area contributed by atoms with Gasteiger partial charge in [0.1, 0.15) is 5.75 Å². The molecule has 1 aromatic heterocycles. The lowest BCUT2D eigenvalue weighted by Gasteiger charge is -2.16. The van der Waals surface area contributed by atoms with Gasteiger partial charge in [-0.3, -0.25) is 9.59 Å². The molecule has 0 bridgehead atoms. The van der Waals surface area contributed by atoms with Gasteiger partial charge in [0, 0.05) is 26.2 Å². The minimum absolute atomic E-state index is 0.0138. The second-order valence-electron chi connectivity index (χ2n) is 4.88. The Morgan fingerprint density at radius 1 is 1.23 bits per heavy atom. The molecule has 2 amide bonds. The molecular weight excluding hydrogens is 300 g/mol. The van der Waals surface area contributed by atoms with Gasteiger partial charge in [0.15, 0.2) is 6.61 Å². The number of hydrogen-bond donors (Lipinski definition) is 1. The molecule has 0 aliphatic carbocycles. The number of carbonyl (C=O) groups is 2. The Bertz CT molecular complexity index is 623. The van der Waals surface area contributed by atoms with Crippen LogP contribution in [0.2, 0.25) is 0 Å². The van der Waals surface area contributed by atoms with Gasteiger partial charge in [-0.05, 0) is 46.7 Å². The number of hydrogen-bond acceptors (Lipinski definition) is 4. The van der Waals surface area contributed by atoms with Gasteiger partial charge in [0.25, 0.3) is 5.91 Å². The first kappa shape index (κ1) is 16.0. The first-order chi connectivity index (χ1) is 10.5. The van der Waals surface area contributed by atoms with Gasteiger partial charge in [-0.15, -0.1) is 0 Å². The van der Waals surface area contributed by atoms with Crippen LogP contribution >= 0.6 is 11.3 Å². The van der Waals surface area contributed by atoms with E-state index in [4.69, 9.17) is 4.74 Å². The smallest absolute Gasteiger partial charge is 0.260 e. The molecule has 1 heterocycles. The molecule has 0 fully saturated rings. The van der Waals surface area contributed by atoms with Crippen LogP contribution in [0.5, 0.6) is 5.75 Å². The van der Waals surface area contributed by atoms with Crippen molar-refractivity contribution >= 4 is 28.8 Å². The predicted molar refractivity (Wildman–Crippen MR) is 87.0 cm³/mol. The number of benzene rings is 1. The Morgan fingerprint density at radius 2 is 1.95 bits per heavy atom. The van der Waals surface area contributed by atoms with Crippen LogP contribution in [-0.2, 0) is 16.1 Å². The lowest BCUT2D eigenvalue weighted by Crippen LogP contribution is -2.30. The zero-order chi connectivity index (χ0) is 15.9. The Kier molecular flexibility index (Phi) is 5.55. The molecule has 0 saturated heterocycles. The molecule has 2 aromatic rings. The summed E-state index contributed by atoms with van der Waals surface area (Å²) in [5, 5.41) is 6.68. The van der Waals surface area contributed by atoms with E-state index in [2.05, 4.69) is 5.32 Å². The maximum atomic E-state index is 12.0. The molecule has 1 aromatic carbocycles. The summed E-state index contributed by atoms with van der Waals surface area (Å²) < 4.78 is 5.47. The van der Waals surface area contributed by atoms with Crippen LogP contribution in [0.25, 0.3) is 0 Å². The normalized spacial score (nSPS) is 10.1. The van der Waals surface area contributed by atoms with Crippen molar-refractivity contribution in [3.05, 3.63) is 46.7 Å². The highest BCUT2D eigenvalue weighted by atomic mass is 32.1. The molecule has 6 heteroatoms. The van der Waals surface area contributed by atoms with E-state index in [1.807, 2.05) is 16.8 Å². The fourth-order valence-corrected chi connectivity index (χ4v) is 2.50. The first-order valence-electron chi connectivity index (χ1n) is 6.80. The summed E-state index contributed by atoms with van der Waals surface area (Å²) in [7, 11) is 1.75. The van der Waals surface area contributed by atoms with Gasteiger partial charge in [-0.1, -0.05) is 0 Å². The van der Waals surface area contributed by atoms with E-state index in [-0.39, 0.29) is 18.4 Å². The van der Waals surface area contributed by atoms with E-state index in [9.17, 15) is 9.59 Å². The topological polar surface area (TPSA) is 58.6 Å². The number of nitrogens with zero attached hydrogens (tertiary/aromatic N) is 1. The molecule has 0 saturated carbocycles. The second-order valence-corrected chi connectivity index (χ2v) is 5.66. The highest BCUT2D eigenvalue weighted by Gasteiger charge is 2.10. The molecule has 0 unspecified atom stereocenters. The van der Waals surface area contributed by atoms with E-state index in [1.165, 1.54) is 6.92 Å². The molecule has 0 aliphatic rings. The highest BCUT2D eigenvalue weighted by Crippen LogP contribution is 2.16. The van der Waals surface area contributed by atoms with Gasteiger partial charge < -0.3 is 15.0 Å². The van der Waals surface area contributed by atoms with E-state index in [0.717, 1.165) is 5.56 Å². The standard InChI is InChI=1S/C16H18N2O3S/c1-12(19)17-14-3-5-15(6-4-14)21-10-16(20)18(2)9-13-7-8-22-11-13/h3-8,11H,9-10H2,1-2H3,(H,17,19). The number of amides is 2. The number of ether oxygens (including phenoxy) is 1. The van der Waals surface area contributed by atoms with E-state index >= 15 is 0 Å². The van der Waals surface area contributed by atoms with Gasteiger partial charge >= 0.3 is 0 Å². The SMILES string of the molecule is CC(=O)Nc1ccc(OCC(=O)N(C)Cc2ccsc2)cc1. The molecule has 0 atom stereocenters. The Morgan fingerprint density at radius 3 is 2.55 bits per heavy atom. The minimum Gasteiger partial charge on any atom is -0.484 e. The Hall–Kier alpha value is -2.34. The van der Waals surface area contributed by atoms with Gasteiger partial charge in [0.05, 0.1) is 0 Å². The molecule has 0 spiro atoms. The number of carbonyl (C=O) groups excluding carboxylic acids is 2. The minimum atomic E-state index is -0.126. The van der Waals surface area contributed by atoms with Crippen LogP contribution in [0, 0.1) is 0 Å². The van der Waals surface area contributed by atoms with Crippen molar-refractivity contribution in [1.29, 1.82) is 0 Å². The van der Waals surface area contributed by atoms with Crippen LogP contribution in [0.15, 0.2) is 41.1 Å². The van der Waals surface area contributed by atoms with E-state index in [0.29, 0.717) is 18.0 Å². The molecule has 116 valence electrons. The van der Waals surface area contributed by atoms with Crippen LogP contribution in [0.3, 0.4) is 0 Å². The van der Waals surface area contributed by atoms with Crippen molar-refractivity contribution in [2.45, 2.75) is 13.5 Å². The average Bonchev–Trinajstić information content (AvgIpc) is 2.98. The van der Waals surface area contributed by atoms with Crippen molar-refractivity contribution in [3.63, 3.8) is 0 Å². The molecule has 0 aliphatic heterocycles. The van der Waals surface area contributed by atoms with Crippen LogP contribution < -0.4 is 10.1 Å². The fourth-order valence-electron chi connectivity index (χ4n) is 1.84. The van der Waals surface area contributed by atoms with E-state index in [1.54, 1.807) is 47.5 Å². The summed E-state index contributed by atoms with van der Waals surface area (Å²) in [5.74, 6) is 0.377. The second kappa shape index (κ2) is 7.61. The fraction of sp³-hybridized carbons (Fsp3) is 0.250. The Labute approximate surface area is 133 Å². The molecular formula is C16H18N2O3S. The molecule has 0 radical (unpaired) electrons. The highest BCUT2D eigenvalue weighted by molar-refractivity contribution is 7.07. The van der Waals surface area contributed by atoms with Crippen LogP contribution in [0.1, 0.15) is 12.5 Å². The zero-order valence-electron chi connectivity index (χ0n) is 12.5. The monoisotopic (exact) mass is 318 g/mol. The summed E-state index contributed by atoms with van der Waals surface area (Å²) in [6, 6.07) is 8.90. The quantitative estimate of drug-likeness (QED) is 0.891. The zero-order valence-corrected chi connectivity index (χ0v) is 13.4. The number of nitrogens with one attached hydrogen (secondary N) is 1. The van der Waals surface area contributed by atoms with Gasteiger partial charge in [-0.25, -0.2) is 0 Å². The van der Waals surface area contributed by atoms with E-state index < -0.39 is 0 Å². The third-order valence-corrected chi connectivity index (χ3v) is 3.69. The maximum absolute atomic E-state index is 12.0. The number of likely N-dealkylation sites (N-methyl/N-ethyl adjacent to an activating group) is 1. The van der Waals surface area contributed by atoms with Crippen molar-refractivity contribution in [3.8, 4) is 5.75 Å². The van der Waals surface area contributed by atoms with Crippen molar-refractivity contribution in [2.75, 3.05) is 19.0 Å². The lowest BCUT2D eigenvalue weighted by molar-refractivity contribution is -0.132. The molecule has 5 nitrogen and oxygen atoms in total. The van der Waals surface area contributed by atoms with Crippen molar-refractivity contribution in [2.24, 2.45) is 0 Å². The third kappa shape index (κ3) is 4.89. The van der Waals surface area contributed by atoms with Crippen molar-refractivity contribution in [1.82, 2.24) is 4.90 Å². The third-order valence-electron chi connectivity index (χ3n) is 2.96. The average molecular weight is 318 g/mol. The molecule has 2 rings (SSSR count). The summed E-state index contributed by atoms with van der Waals surface area (Å²) >= 11 is 1.61. The summed E-state index contributed by atoms with van der Waals surface area (Å²) in [6.07, 6.45) is 0. The summed E-state index contributed by atoms with van der Waals surface area (Å²) in [4.78, 5) is 24.6. The van der Waals surface area contributed by atoms with Crippen molar-refractivity contribution < 1.29 is 14.3 Å². The molecule has 1 N–H and O–H groups in total. The number of anilines is 1. The maximum Gasteiger partial charge on any atom is 0.260 e. The Balaban J connectivity index is 1.81. The molecule has 22 heavy (non-hydrogen) atoms. The predicted octanol–water partition coefficient (Wildman–Crippen LogP) is 2.74. The summed E-state index contributed by atoms with van der Waals surface area (Å²) in [5.41, 5.74) is 1.81. The van der Waals surface area contributed by atoms with Crippen LogP contribution in [0.4, 0.5) is 5.69 Å². The first-order valence-corrected chi connectivity index (χ1v) is 7.74. The lowest BCUT2D eigenvalue weighted by atomic mass is 10.3. The number of thiophene rings is 1. The van der Waals surface area contributed by atoms with Crippen LogP contribution in [-0.4, -0.2) is 30.4 Å². The number of rotatable bonds is 6. The van der Waals surface area contributed by atoms with Gasteiger partial charge in [-0.2, -0.15) is 11.3 Å². The summed E-state index contributed by atoms with van der Waals surface area (Å²) in [6.45, 7) is 2.01.